The van der Waals surface area contributed by atoms with Crippen LogP contribution in [-0.2, 0) is 17.8 Å². The van der Waals surface area contributed by atoms with Crippen molar-refractivity contribution in [2.24, 2.45) is 5.73 Å². The molecule has 4 nitrogen and oxygen atoms in total. The second-order valence-electron chi connectivity index (χ2n) is 4.57. The Morgan fingerprint density at radius 1 is 1.26 bits per heavy atom. The molecule has 0 aliphatic heterocycles. The number of amides is 1. The average molecular weight is 258 g/mol. The molecule has 19 heavy (non-hydrogen) atoms. The van der Waals surface area contributed by atoms with E-state index in [2.05, 4.69) is 0 Å². The number of nitrogens with two attached hydrogens (primary N) is 1. The third-order valence-corrected chi connectivity index (χ3v) is 2.96. The topological polar surface area (TPSA) is 59.5 Å². The molecule has 0 radical (unpaired) electrons. The number of rotatable bonds is 5. The van der Waals surface area contributed by atoms with Gasteiger partial charge in [-0.05, 0) is 24.1 Å². The van der Waals surface area contributed by atoms with Crippen molar-refractivity contribution < 1.29 is 9.21 Å². The normalized spacial score (nSPS) is 12.1. The number of hydrogen-bond acceptors (Lipinski definition) is 3. The molecule has 1 heterocycles. The largest absolute Gasteiger partial charge is 0.467 e. The van der Waals surface area contributed by atoms with Gasteiger partial charge in [-0.2, -0.15) is 0 Å². The highest BCUT2D eigenvalue weighted by atomic mass is 16.3. The molecule has 0 aliphatic carbocycles. The van der Waals surface area contributed by atoms with Crippen LogP contribution in [0.1, 0.15) is 11.3 Å². The van der Waals surface area contributed by atoms with Crippen molar-refractivity contribution in [1.29, 1.82) is 0 Å². The number of furan rings is 1. The van der Waals surface area contributed by atoms with Crippen LogP contribution in [0.5, 0.6) is 0 Å². The van der Waals surface area contributed by atoms with Gasteiger partial charge in [0, 0.05) is 7.05 Å². The van der Waals surface area contributed by atoms with Crippen LogP contribution < -0.4 is 5.73 Å². The third-order valence-electron chi connectivity index (χ3n) is 2.96. The Hall–Kier alpha value is -2.07. The molecule has 0 saturated carbocycles. The lowest BCUT2D eigenvalue weighted by Gasteiger charge is -2.20. The molecule has 1 amide bonds. The number of hydrogen-bond donors (Lipinski definition) is 1. The van der Waals surface area contributed by atoms with Gasteiger partial charge in [-0.15, -0.1) is 0 Å². The Bertz CT molecular complexity index is 508. The van der Waals surface area contributed by atoms with Crippen molar-refractivity contribution in [2.45, 2.75) is 19.0 Å². The van der Waals surface area contributed by atoms with Crippen molar-refractivity contribution in [3.63, 3.8) is 0 Å². The van der Waals surface area contributed by atoms with Crippen LogP contribution in [0.25, 0.3) is 0 Å². The summed E-state index contributed by atoms with van der Waals surface area (Å²) in [4.78, 5) is 13.7. The van der Waals surface area contributed by atoms with E-state index in [-0.39, 0.29) is 5.91 Å². The molecule has 2 aromatic rings. The number of nitrogens with zero attached hydrogens (tertiary/aromatic N) is 1. The summed E-state index contributed by atoms with van der Waals surface area (Å²) in [6.45, 7) is 0.439. The van der Waals surface area contributed by atoms with Gasteiger partial charge >= 0.3 is 0 Å². The van der Waals surface area contributed by atoms with Gasteiger partial charge in [0.15, 0.2) is 0 Å². The van der Waals surface area contributed by atoms with Gasteiger partial charge in [0.1, 0.15) is 5.76 Å². The Labute approximate surface area is 112 Å². The van der Waals surface area contributed by atoms with Crippen molar-refractivity contribution >= 4 is 5.91 Å². The van der Waals surface area contributed by atoms with E-state index < -0.39 is 6.04 Å². The van der Waals surface area contributed by atoms with Crippen molar-refractivity contribution in [3.05, 3.63) is 60.1 Å². The van der Waals surface area contributed by atoms with E-state index in [0.29, 0.717) is 13.0 Å². The van der Waals surface area contributed by atoms with Crippen LogP contribution in [0.4, 0.5) is 0 Å². The van der Waals surface area contributed by atoms with Gasteiger partial charge in [0.25, 0.3) is 0 Å². The predicted octanol–water partition coefficient (Wildman–Crippen LogP) is 1.81. The molecule has 2 rings (SSSR count). The molecule has 100 valence electrons. The third kappa shape index (κ3) is 3.69. The second kappa shape index (κ2) is 6.20. The molecule has 1 unspecified atom stereocenters. The van der Waals surface area contributed by atoms with E-state index in [1.54, 1.807) is 24.3 Å². The highest BCUT2D eigenvalue weighted by Gasteiger charge is 2.19. The first-order chi connectivity index (χ1) is 9.16. The summed E-state index contributed by atoms with van der Waals surface area (Å²) >= 11 is 0. The molecule has 1 aromatic carbocycles. The zero-order valence-corrected chi connectivity index (χ0v) is 11.0. The fourth-order valence-corrected chi connectivity index (χ4v) is 1.95. The van der Waals surface area contributed by atoms with E-state index in [4.69, 9.17) is 10.2 Å². The molecule has 0 fully saturated rings. The van der Waals surface area contributed by atoms with Crippen molar-refractivity contribution in [2.75, 3.05) is 7.05 Å². The highest BCUT2D eigenvalue weighted by Crippen LogP contribution is 2.07. The van der Waals surface area contributed by atoms with E-state index in [0.717, 1.165) is 11.3 Å². The van der Waals surface area contributed by atoms with E-state index in [9.17, 15) is 4.79 Å². The first kappa shape index (κ1) is 13.4. The number of carbonyl (C=O) groups excluding carboxylic acids is 1. The Kier molecular flexibility index (Phi) is 4.36. The van der Waals surface area contributed by atoms with Crippen LogP contribution in [0.3, 0.4) is 0 Å². The zero-order chi connectivity index (χ0) is 13.7. The first-order valence-electron chi connectivity index (χ1n) is 6.23. The van der Waals surface area contributed by atoms with Crippen LogP contribution in [-0.4, -0.2) is 23.9 Å². The van der Waals surface area contributed by atoms with Gasteiger partial charge < -0.3 is 15.1 Å². The Morgan fingerprint density at radius 2 is 2.00 bits per heavy atom. The minimum Gasteiger partial charge on any atom is -0.467 e. The van der Waals surface area contributed by atoms with E-state index in [1.165, 1.54) is 0 Å². The number of benzene rings is 1. The molecule has 1 aromatic heterocycles. The van der Waals surface area contributed by atoms with Crippen LogP contribution >= 0.6 is 0 Å². The minimum absolute atomic E-state index is 0.0831. The lowest BCUT2D eigenvalue weighted by molar-refractivity contribution is -0.132. The number of likely N-dealkylation sites (N-methyl/N-ethyl adjacent to an activating group) is 1. The smallest absolute Gasteiger partial charge is 0.239 e. The first-order valence-corrected chi connectivity index (χ1v) is 6.23. The Balaban J connectivity index is 1.91. The predicted molar refractivity (Wildman–Crippen MR) is 73.3 cm³/mol. The highest BCUT2D eigenvalue weighted by molar-refractivity contribution is 5.81. The maximum absolute atomic E-state index is 12.1. The van der Waals surface area contributed by atoms with E-state index >= 15 is 0 Å². The van der Waals surface area contributed by atoms with Gasteiger partial charge in [-0.1, -0.05) is 30.3 Å². The summed E-state index contributed by atoms with van der Waals surface area (Å²) < 4.78 is 5.22. The summed E-state index contributed by atoms with van der Waals surface area (Å²) in [5.41, 5.74) is 7.02. The second-order valence-corrected chi connectivity index (χ2v) is 4.57. The zero-order valence-electron chi connectivity index (χ0n) is 11.0. The van der Waals surface area contributed by atoms with Crippen molar-refractivity contribution in [1.82, 2.24) is 4.90 Å². The SMILES string of the molecule is CN(Cc1ccco1)C(=O)C(N)Cc1ccccc1. The monoisotopic (exact) mass is 258 g/mol. The molecule has 0 saturated heterocycles. The summed E-state index contributed by atoms with van der Waals surface area (Å²) in [5.74, 6) is 0.669. The lowest BCUT2D eigenvalue weighted by Crippen LogP contribution is -2.42. The molecular formula is C15H18N2O2. The van der Waals surface area contributed by atoms with Crippen LogP contribution in [0, 0.1) is 0 Å². The van der Waals surface area contributed by atoms with E-state index in [1.807, 2.05) is 36.4 Å². The fraction of sp³-hybridized carbons (Fsp3) is 0.267. The molecule has 4 heteroatoms. The molecule has 0 aliphatic rings. The van der Waals surface area contributed by atoms with Gasteiger partial charge in [-0.25, -0.2) is 0 Å². The van der Waals surface area contributed by atoms with Crippen LogP contribution in [0.2, 0.25) is 0 Å². The molecule has 1 atom stereocenters. The summed E-state index contributed by atoms with van der Waals surface area (Å²) in [6, 6.07) is 12.9. The summed E-state index contributed by atoms with van der Waals surface area (Å²) in [5, 5.41) is 0. The maximum atomic E-state index is 12.1. The standard InChI is InChI=1S/C15H18N2O2/c1-17(11-13-8-5-9-19-13)15(18)14(16)10-12-6-3-2-4-7-12/h2-9,14H,10-11,16H2,1H3. The minimum atomic E-state index is -0.526. The molecular weight excluding hydrogens is 240 g/mol. The van der Waals surface area contributed by atoms with Gasteiger partial charge in [0.2, 0.25) is 5.91 Å². The maximum Gasteiger partial charge on any atom is 0.239 e. The summed E-state index contributed by atoms with van der Waals surface area (Å²) in [6.07, 6.45) is 2.14. The average Bonchev–Trinajstić information content (AvgIpc) is 2.91. The fourth-order valence-electron chi connectivity index (χ4n) is 1.95. The van der Waals surface area contributed by atoms with Crippen molar-refractivity contribution in [3.8, 4) is 0 Å². The molecule has 0 spiro atoms. The quantitative estimate of drug-likeness (QED) is 0.889. The summed E-state index contributed by atoms with van der Waals surface area (Å²) in [7, 11) is 1.73. The van der Waals surface area contributed by atoms with Crippen LogP contribution in [0.15, 0.2) is 53.1 Å². The van der Waals surface area contributed by atoms with Gasteiger partial charge in [0.05, 0.1) is 18.8 Å². The van der Waals surface area contributed by atoms with Gasteiger partial charge in [-0.3, -0.25) is 4.79 Å². The number of carbonyl (C=O) groups is 1. The lowest BCUT2D eigenvalue weighted by atomic mass is 10.1. The Morgan fingerprint density at radius 3 is 2.63 bits per heavy atom. The molecule has 0 bridgehead atoms. The molecule has 2 N–H and O–H groups in total.